The van der Waals surface area contributed by atoms with Gasteiger partial charge in [0.15, 0.2) is 11.3 Å². The summed E-state index contributed by atoms with van der Waals surface area (Å²) in [6.45, 7) is 10.3. The molecule has 3 aromatic carbocycles. The van der Waals surface area contributed by atoms with Crippen LogP contribution in [0, 0.1) is 10.1 Å². The molecule has 57 heavy (non-hydrogen) atoms. The molecule has 0 unspecified atom stereocenters. The second kappa shape index (κ2) is 15.7. The van der Waals surface area contributed by atoms with E-state index in [1.807, 2.05) is 49.9 Å². The van der Waals surface area contributed by atoms with Gasteiger partial charge in [-0.1, -0.05) is 30.3 Å². The molecule has 2 saturated carbocycles. The molecule has 0 bridgehead atoms. The van der Waals surface area contributed by atoms with Gasteiger partial charge in [0, 0.05) is 82.4 Å². The molecule has 4 aliphatic rings. The molecule has 8 rings (SSSR count). The highest BCUT2D eigenvalue weighted by molar-refractivity contribution is 5.79. The third kappa shape index (κ3) is 8.82. The fraction of sp³-hybridized carbons (Fsp3) is 0.500. The van der Waals surface area contributed by atoms with E-state index >= 15 is 0 Å². The molecular formula is C42H53N7O8. The van der Waals surface area contributed by atoms with E-state index in [4.69, 9.17) is 9.15 Å². The topological polar surface area (TPSA) is 167 Å². The second-order valence-electron chi connectivity index (χ2n) is 16.8. The number of benzene rings is 3. The number of nitro groups is 1. The number of aromatic hydroxyl groups is 1. The Kier molecular flexibility index (Phi) is 10.9. The number of carbonyl (C=O) groups is 2. The number of nitro benzene ring substituents is 1. The molecular weight excluding hydrogens is 731 g/mol. The zero-order chi connectivity index (χ0) is 40.5. The fourth-order valence-corrected chi connectivity index (χ4v) is 8.03. The third-order valence-corrected chi connectivity index (χ3v) is 11.5. The molecule has 3 amide bonds. The molecule has 0 radical (unpaired) electrons. The summed E-state index contributed by atoms with van der Waals surface area (Å²) in [7, 11) is 1.71. The molecule has 2 saturated heterocycles. The first-order valence-electron chi connectivity index (χ1n) is 19.8. The van der Waals surface area contributed by atoms with Gasteiger partial charge in [0.05, 0.1) is 21.5 Å². The first kappa shape index (κ1) is 39.5. The normalized spacial score (nSPS) is 18.0. The van der Waals surface area contributed by atoms with Gasteiger partial charge in [-0.05, 0) is 89.5 Å². The molecule has 2 aliphatic heterocycles. The molecule has 15 nitrogen and oxygen atoms in total. The standard InChI is InChI=1S/C25H30N4O3.C17H23N3O5/c1-27-21-11-10-20(17-22(21)32-24(27)31)28-15-16-29(25(18-28)12-13-25)23(30)26-14-6-5-9-19-7-3-2-4-8-19;1-16(2,3)25-15(22)19-9-8-18(11-17(19)6-7-17)12-4-5-13(20(23)24)14(21)10-12/h2-4,7-8,10-11,17H,5-6,9,12-16,18H2,1H3,(H,26,30);4-5,10,21H,6-9,11H2,1-3H3. The Morgan fingerprint density at radius 3 is 2.11 bits per heavy atom. The number of phenols is 1. The molecule has 4 fully saturated rings. The van der Waals surface area contributed by atoms with Gasteiger partial charge in [-0.15, -0.1) is 0 Å². The van der Waals surface area contributed by atoms with Crippen LogP contribution in [0.4, 0.5) is 26.7 Å². The van der Waals surface area contributed by atoms with Crippen molar-refractivity contribution in [2.75, 3.05) is 55.6 Å². The number of oxazole rings is 1. The van der Waals surface area contributed by atoms with Crippen molar-refractivity contribution in [3.8, 4) is 5.75 Å². The van der Waals surface area contributed by atoms with E-state index in [9.17, 15) is 29.6 Å². The van der Waals surface area contributed by atoms with Gasteiger partial charge in [0.1, 0.15) is 5.60 Å². The molecule has 0 atom stereocenters. The monoisotopic (exact) mass is 783 g/mol. The lowest BCUT2D eigenvalue weighted by atomic mass is 10.1. The maximum atomic E-state index is 12.9. The zero-order valence-corrected chi connectivity index (χ0v) is 33.2. The summed E-state index contributed by atoms with van der Waals surface area (Å²) in [6.07, 6.45) is 6.68. The number of amides is 3. The van der Waals surface area contributed by atoms with Crippen LogP contribution in [0.5, 0.6) is 5.75 Å². The van der Waals surface area contributed by atoms with Crippen LogP contribution in [0.3, 0.4) is 0 Å². The first-order chi connectivity index (χ1) is 27.2. The van der Waals surface area contributed by atoms with E-state index in [1.165, 1.54) is 22.3 Å². The van der Waals surface area contributed by atoms with Crippen LogP contribution in [0.2, 0.25) is 0 Å². The summed E-state index contributed by atoms with van der Waals surface area (Å²) in [5, 5.41) is 23.8. The Hall–Kier alpha value is -5.73. The van der Waals surface area contributed by atoms with Crippen molar-refractivity contribution in [2.24, 2.45) is 7.05 Å². The van der Waals surface area contributed by atoms with E-state index in [0.29, 0.717) is 38.3 Å². The fourth-order valence-electron chi connectivity index (χ4n) is 8.03. The SMILES string of the molecule is CC(C)(C)OC(=O)N1CCN(c2ccc([N+](=O)[O-])c(O)c2)CC12CC2.Cn1c(=O)oc2cc(N3CCN(C(=O)NCCCCc4ccccc4)C4(CC4)C3)ccc21. The first-order valence-corrected chi connectivity index (χ1v) is 19.8. The van der Waals surface area contributed by atoms with Crippen molar-refractivity contribution >= 4 is 40.3 Å². The Bertz CT molecular complexity index is 2170. The van der Waals surface area contributed by atoms with Gasteiger partial charge in [-0.3, -0.25) is 19.6 Å². The molecule has 1 aromatic heterocycles. The number of hydrogen-bond donors (Lipinski definition) is 2. The molecule has 2 aliphatic carbocycles. The van der Waals surface area contributed by atoms with E-state index in [2.05, 4.69) is 39.4 Å². The lowest BCUT2D eigenvalue weighted by molar-refractivity contribution is -0.385. The zero-order valence-electron chi connectivity index (χ0n) is 33.2. The number of anilines is 2. The minimum absolute atomic E-state index is 0.0615. The number of phenolic OH excluding ortho intramolecular Hbond substituents is 1. The summed E-state index contributed by atoms with van der Waals surface area (Å²) in [4.78, 5) is 55.6. The van der Waals surface area contributed by atoms with E-state index in [1.54, 1.807) is 18.0 Å². The van der Waals surface area contributed by atoms with E-state index in [-0.39, 0.29) is 40.4 Å². The number of piperazine rings is 2. The smallest absolute Gasteiger partial charge is 0.419 e. The van der Waals surface area contributed by atoms with Crippen LogP contribution in [0.15, 0.2) is 75.9 Å². The molecule has 15 heteroatoms. The highest BCUT2D eigenvalue weighted by Crippen LogP contribution is 2.47. The minimum Gasteiger partial charge on any atom is -0.502 e. The lowest BCUT2D eigenvalue weighted by Crippen LogP contribution is -2.59. The molecule has 304 valence electrons. The summed E-state index contributed by atoms with van der Waals surface area (Å²) in [6, 6.07) is 20.8. The number of fused-ring (bicyclic) bond motifs is 1. The number of unbranched alkanes of at least 4 members (excludes halogenated alkanes) is 1. The van der Waals surface area contributed by atoms with Crippen molar-refractivity contribution in [1.82, 2.24) is 19.7 Å². The largest absolute Gasteiger partial charge is 0.502 e. The lowest BCUT2D eigenvalue weighted by Gasteiger charge is -2.43. The van der Waals surface area contributed by atoms with E-state index < -0.39 is 10.5 Å². The highest BCUT2D eigenvalue weighted by atomic mass is 16.6. The average molecular weight is 784 g/mol. The Balaban J connectivity index is 0.000000180. The van der Waals surface area contributed by atoms with Gasteiger partial charge in [-0.25, -0.2) is 14.4 Å². The number of carbonyl (C=O) groups excluding carboxylic acids is 2. The maximum Gasteiger partial charge on any atom is 0.419 e. The Morgan fingerprint density at radius 2 is 1.49 bits per heavy atom. The van der Waals surface area contributed by atoms with Gasteiger partial charge in [-0.2, -0.15) is 0 Å². The summed E-state index contributed by atoms with van der Waals surface area (Å²) in [5.74, 6) is -0.692. The van der Waals surface area contributed by atoms with Crippen LogP contribution >= 0.6 is 0 Å². The number of hydrogen-bond acceptors (Lipinski definition) is 10. The Morgan fingerprint density at radius 1 is 0.877 bits per heavy atom. The molecule has 4 aromatic rings. The molecule has 2 N–H and O–H groups in total. The number of nitrogens with one attached hydrogen (secondary N) is 1. The number of ether oxygens (including phenoxy) is 1. The number of nitrogens with zero attached hydrogens (tertiary/aromatic N) is 6. The molecule has 3 heterocycles. The van der Waals surface area contributed by atoms with Crippen LogP contribution in [-0.2, 0) is 18.2 Å². The van der Waals surface area contributed by atoms with Crippen molar-refractivity contribution in [3.63, 3.8) is 0 Å². The van der Waals surface area contributed by atoms with Gasteiger partial charge in [0.2, 0.25) is 0 Å². The Labute approximate surface area is 331 Å². The average Bonchev–Trinajstić information content (AvgIpc) is 4.10. The van der Waals surface area contributed by atoms with Crippen molar-refractivity contribution in [3.05, 3.63) is 93.0 Å². The minimum atomic E-state index is -0.609. The van der Waals surface area contributed by atoms with Crippen molar-refractivity contribution < 1.29 is 28.8 Å². The highest BCUT2D eigenvalue weighted by Gasteiger charge is 2.55. The summed E-state index contributed by atoms with van der Waals surface area (Å²) in [5.41, 5.74) is 3.36. The number of urea groups is 1. The second-order valence-corrected chi connectivity index (χ2v) is 16.8. The number of rotatable bonds is 8. The summed E-state index contributed by atoms with van der Waals surface area (Å²) >= 11 is 0. The quantitative estimate of drug-likeness (QED) is 0.116. The van der Waals surface area contributed by atoms with Crippen LogP contribution in [-0.4, -0.2) is 99.0 Å². The third-order valence-electron chi connectivity index (χ3n) is 11.5. The van der Waals surface area contributed by atoms with Crippen molar-refractivity contribution in [2.45, 2.75) is 82.4 Å². The van der Waals surface area contributed by atoms with Gasteiger partial charge >= 0.3 is 23.6 Å². The maximum absolute atomic E-state index is 12.9. The van der Waals surface area contributed by atoms with Crippen LogP contribution in [0.1, 0.15) is 64.9 Å². The number of aryl methyl sites for hydroxylation is 2. The van der Waals surface area contributed by atoms with Gasteiger partial charge < -0.3 is 34.3 Å². The van der Waals surface area contributed by atoms with Crippen LogP contribution < -0.4 is 20.9 Å². The van der Waals surface area contributed by atoms with E-state index in [0.717, 1.165) is 74.9 Å². The summed E-state index contributed by atoms with van der Waals surface area (Å²) < 4.78 is 12.4. The number of aromatic nitrogens is 1. The predicted molar refractivity (Wildman–Crippen MR) is 217 cm³/mol. The van der Waals surface area contributed by atoms with Gasteiger partial charge in [0.25, 0.3) is 0 Å². The molecule has 2 spiro atoms. The van der Waals surface area contributed by atoms with Crippen molar-refractivity contribution in [1.29, 1.82) is 0 Å². The predicted octanol–water partition coefficient (Wildman–Crippen LogP) is 6.41. The van der Waals surface area contributed by atoms with Crippen LogP contribution in [0.25, 0.3) is 11.1 Å².